The lowest BCUT2D eigenvalue weighted by molar-refractivity contribution is 0.465. The van der Waals surface area contributed by atoms with Crippen molar-refractivity contribution in [1.29, 1.82) is 0 Å². The summed E-state index contributed by atoms with van der Waals surface area (Å²) in [5.74, 6) is 2.64. The van der Waals surface area contributed by atoms with Gasteiger partial charge in [0.15, 0.2) is 5.82 Å². The molecule has 7 heteroatoms. The van der Waals surface area contributed by atoms with Gasteiger partial charge in [-0.2, -0.15) is 5.10 Å². The highest BCUT2D eigenvalue weighted by atomic mass is 15.3. The van der Waals surface area contributed by atoms with Gasteiger partial charge in [0.2, 0.25) is 0 Å². The molecule has 0 atom stereocenters. The van der Waals surface area contributed by atoms with Crippen molar-refractivity contribution < 1.29 is 0 Å². The van der Waals surface area contributed by atoms with Gasteiger partial charge in [0.05, 0.1) is 5.69 Å². The number of rotatable bonds is 3. The Labute approximate surface area is 135 Å². The zero-order valence-corrected chi connectivity index (χ0v) is 13.6. The van der Waals surface area contributed by atoms with Crippen LogP contribution in [0.25, 0.3) is 5.52 Å². The predicted octanol–water partition coefficient (Wildman–Crippen LogP) is 2.03. The van der Waals surface area contributed by atoms with Crippen molar-refractivity contribution in [3.8, 4) is 0 Å². The van der Waals surface area contributed by atoms with Crippen LogP contribution < -0.4 is 4.90 Å². The molecule has 0 aromatic carbocycles. The first-order valence-electron chi connectivity index (χ1n) is 8.20. The van der Waals surface area contributed by atoms with E-state index in [-0.39, 0.29) is 0 Å². The first-order chi connectivity index (χ1) is 11.3. The second-order valence-electron chi connectivity index (χ2n) is 6.10. The van der Waals surface area contributed by atoms with Gasteiger partial charge in [-0.15, -0.1) is 10.2 Å². The molecule has 1 fully saturated rings. The molecule has 0 aliphatic carbocycles. The van der Waals surface area contributed by atoms with E-state index in [1.807, 2.05) is 30.2 Å². The third-order valence-corrected chi connectivity index (χ3v) is 4.64. The van der Waals surface area contributed by atoms with Gasteiger partial charge in [0.1, 0.15) is 17.7 Å². The molecular weight excluding hydrogens is 290 g/mol. The van der Waals surface area contributed by atoms with Gasteiger partial charge in [0, 0.05) is 37.9 Å². The fourth-order valence-electron chi connectivity index (χ4n) is 3.45. The molecule has 23 heavy (non-hydrogen) atoms. The molecule has 1 saturated heterocycles. The number of aromatic nitrogens is 6. The fraction of sp³-hybridized carbons (Fsp3) is 0.500. The summed E-state index contributed by atoms with van der Waals surface area (Å²) in [6.45, 7) is 7.05. The third-order valence-electron chi connectivity index (χ3n) is 4.64. The molecule has 0 N–H and O–H groups in total. The standard InChI is InChI=1S/C16H21N7/c1-3-21-11-18-19-15(21)13-4-7-22(8-5-13)16-14-10-12(2)20-23(14)9-6-17-16/h6,9-11,13H,3-5,7-8H2,1-2H3. The molecule has 0 unspecified atom stereocenters. The highest BCUT2D eigenvalue weighted by Crippen LogP contribution is 2.30. The van der Waals surface area contributed by atoms with Crippen LogP contribution in [-0.2, 0) is 6.54 Å². The third kappa shape index (κ3) is 2.46. The number of hydrogen-bond donors (Lipinski definition) is 0. The summed E-state index contributed by atoms with van der Waals surface area (Å²) in [6.07, 6.45) is 7.72. The van der Waals surface area contributed by atoms with Crippen LogP contribution in [0.5, 0.6) is 0 Å². The Bertz CT molecular complexity index is 811. The molecule has 4 rings (SSSR count). The van der Waals surface area contributed by atoms with E-state index in [0.29, 0.717) is 5.92 Å². The molecule has 0 amide bonds. The van der Waals surface area contributed by atoms with Crippen LogP contribution >= 0.6 is 0 Å². The van der Waals surface area contributed by atoms with Crippen LogP contribution in [0, 0.1) is 6.92 Å². The van der Waals surface area contributed by atoms with Gasteiger partial charge in [-0.1, -0.05) is 0 Å². The summed E-state index contributed by atoms with van der Waals surface area (Å²) in [4.78, 5) is 6.96. The van der Waals surface area contributed by atoms with Crippen molar-refractivity contribution in [3.05, 3.63) is 36.3 Å². The van der Waals surface area contributed by atoms with Gasteiger partial charge in [0.25, 0.3) is 0 Å². The van der Waals surface area contributed by atoms with E-state index in [1.54, 1.807) is 0 Å². The summed E-state index contributed by atoms with van der Waals surface area (Å²) in [5.41, 5.74) is 2.10. The second-order valence-corrected chi connectivity index (χ2v) is 6.10. The maximum atomic E-state index is 4.60. The van der Waals surface area contributed by atoms with Crippen LogP contribution in [0.1, 0.15) is 37.2 Å². The van der Waals surface area contributed by atoms with Crippen molar-refractivity contribution in [1.82, 2.24) is 29.4 Å². The minimum atomic E-state index is 0.486. The molecule has 1 aliphatic rings. The number of fused-ring (bicyclic) bond motifs is 1. The highest BCUT2D eigenvalue weighted by molar-refractivity contribution is 5.69. The Morgan fingerprint density at radius 2 is 2.09 bits per heavy atom. The fourth-order valence-corrected chi connectivity index (χ4v) is 3.45. The van der Waals surface area contributed by atoms with E-state index in [2.05, 4.69) is 42.7 Å². The number of anilines is 1. The van der Waals surface area contributed by atoms with Crippen LogP contribution in [0.2, 0.25) is 0 Å². The molecule has 0 bridgehead atoms. The predicted molar refractivity (Wildman–Crippen MR) is 87.6 cm³/mol. The summed E-state index contributed by atoms with van der Waals surface area (Å²) in [6, 6.07) is 2.10. The van der Waals surface area contributed by atoms with Crippen molar-refractivity contribution in [2.45, 2.75) is 39.2 Å². The van der Waals surface area contributed by atoms with Crippen LogP contribution in [0.15, 0.2) is 24.8 Å². The van der Waals surface area contributed by atoms with Gasteiger partial charge in [-0.25, -0.2) is 9.50 Å². The molecule has 1 aliphatic heterocycles. The Balaban J connectivity index is 1.55. The quantitative estimate of drug-likeness (QED) is 0.740. The van der Waals surface area contributed by atoms with E-state index in [9.17, 15) is 0 Å². The first kappa shape index (κ1) is 14.2. The van der Waals surface area contributed by atoms with Gasteiger partial charge in [-0.3, -0.25) is 0 Å². The molecule has 0 spiro atoms. The second kappa shape index (κ2) is 5.64. The molecule has 0 radical (unpaired) electrons. The normalized spacial score (nSPS) is 16.3. The number of nitrogens with zero attached hydrogens (tertiary/aromatic N) is 7. The molecule has 3 aromatic rings. The average molecular weight is 311 g/mol. The molecule has 120 valence electrons. The maximum Gasteiger partial charge on any atom is 0.154 e. The van der Waals surface area contributed by atoms with Gasteiger partial charge in [-0.05, 0) is 32.8 Å². The zero-order chi connectivity index (χ0) is 15.8. The van der Waals surface area contributed by atoms with E-state index in [0.717, 1.165) is 55.3 Å². The highest BCUT2D eigenvalue weighted by Gasteiger charge is 2.26. The molecular formula is C16H21N7. The minimum Gasteiger partial charge on any atom is -0.355 e. The lowest BCUT2D eigenvalue weighted by Gasteiger charge is -2.32. The lowest BCUT2D eigenvalue weighted by Crippen LogP contribution is -2.34. The first-order valence-corrected chi connectivity index (χ1v) is 8.20. The Morgan fingerprint density at radius 1 is 1.26 bits per heavy atom. The molecule has 0 saturated carbocycles. The zero-order valence-electron chi connectivity index (χ0n) is 13.6. The molecule has 7 nitrogen and oxygen atoms in total. The average Bonchev–Trinajstić information content (AvgIpc) is 3.19. The van der Waals surface area contributed by atoms with Crippen LogP contribution in [0.3, 0.4) is 0 Å². The van der Waals surface area contributed by atoms with E-state index >= 15 is 0 Å². The molecule has 3 aromatic heterocycles. The van der Waals surface area contributed by atoms with Crippen molar-refractivity contribution in [2.24, 2.45) is 0 Å². The smallest absolute Gasteiger partial charge is 0.154 e. The number of hydrogen-bond acceptors (Lipinski definition) is 5. The van der Waals surface area contributed by atoms with Crippen molar-refractivity contribution in [3.63, 3.8) is 0 Å². The monoisotopic (exact) mass is 311 g/mol. The van der Waals surface area contributed by atoms with Gasteiger partial charge < -0.3 is 9.47 Å². The van der Waals surface area contributed by atoms with Crippen molar-refractivity contribution in [2.75, 3.05) is 18.0 Å². The largest absolute Gasteiger partial charge is 0.355 e. The number of aryl methyl sites for hydroxylation is 2. The van der Waals surface area contributed by atoms with E-state index in [1.165, 1.54) is 0 Å². The Morgan fingerprint density at radius 3 is 2.87 bits per heavy atom. The summed E-state index contributed by atoms with van der Waals surface area (Å²) >= 11 is 0. The van der Waals surface area contributed by atoms with Crippen molar-refractivity contribution >= 4 is 11.3 Å². The SMILES string of the molecule is CCn1cnnc1C1CCN(c2nccn3nc(C)cc23)CC1. The molecule has 4 heterocycles. The Kier molecular flexibility index (Phi) is 3.48. The van der Waals surface area contributed by atoms with E-state index in [4.69, 9.17) is 0 Å². The number of piperidine rings is 1. The topological polar surface area (TPSA) is 64.1 Å². The summed E-state index contributed by atoms with van der Waals surface area (Å²) in [5, 5.41) is 12.9. The van der Waals surface area contributed by atoms with Crippen LogP contribution in [-0.4, -0.2) is 42.5 Å². The van der Waals surface area contributed by atoms with Crippen LogP contribution in [0.4, 0.5) is 5.82 Å². The summed E-state index contributed by atoms with van der Waals surface area (Å²) in [7, 11) is 0. The van der Waals surface area contributed by atoms with Gasteiger partial charge >= 0.3 is 0 Å². The Hall–Kier alpha value is -2.44. The van der Waals surface area contributed by atoms with E-state index < -0.39 is 0 Å². The lowest BCUT2D eigenvalue weighted by atomic mass is 9.96. The minimum absolute atomic E-state index is 0.486. The maximum absolute atomic E-state index is 4.60. The summed E-state index contributed by atoms with van der Waals surface area (Å²) < 4.78 is 4.07.